The molecule has 2 rings (SSSR count). The van der Waals surface area contributed by atoms with Gasteiger partial charge in [0, 0.05) is 18.1 Å². The van der Waals surface area contributed by atoms with Gasteiger partial charge in [-0.1, -0.05) is 54.0 Å². The van der Waals surface area contributed by atoms with E-state index in [9.17, 15) is 8.42 Å². The highest BCUT2D eigenvalue weighted by Gasteiger charge is 2.20. The van der Waals surface area contributed by atoms with Crippen LogP contribution >= 0.6 is 15.9 Å². The molecule has 0 amide bonds. The molecule has 0 bridgehead atoms. The third-order valence-electron chi connectivity index (χ3n) is 3.57. The highest BCUT2D eigenvalue weighted by molar-refractivity contribution is 9.10. The van der Waals surface area contributed by atoms with Gasteiger partial charge in [-0.15, -0.1) is 0 Å². The number of hydrogen-bond acceptors (Lipinski definition) is 2. The van der Waals surface area contributed by atoms with Crippen molar-refractivity contribution in [2.24, 2.45) is 0 Å². The first-order valence-corrected chi connectivity index (χ1v) is 9.35. The third kappa shape index (κ3) is 3.97. The maximum absolute atomic E-state index is 12.5. The lowest BCUT2D eigenvalue weighted by molar-refractivity contribution is 0.466. The molecule has 0 aliphatic rings. The van der Waals surface area contributed by atoms with E-state index in [1.54, 1.807) is 31.3 Å². The predicted molar refractivity (Wildman–Crippen MR) is 93.3 cm³/mol. The van der Waals surface area contributed by atoms with Crippen molar-refractivity contribution in [1.29, 1.82) is 0 Å². The summed E-state index contributed by atoms with van der Waals surface area (Å²) in [7, 11) is -1.86. The molecule has 0 aliphatic heterocycles. The van der Waals surface area contributed by atoms with Gasteiger partial charge in [-0.3, -0.25) is 0 Å². The van der Waals surface area contributed by atoms with E-state index in [1.165, 1.54) is 9.87 Å². The molecule has 0 saturated heterocycles. The molecule has 118 valence electrons. The maximum Gasteiger partial charge on any atom is 0.243 e. The Labute approximate surface area is 141 Å². The summed E-state index contributed by atoms with van der Waals surface area (Å²) in [6.07, 6.45) is 0. The fourth-order valence-corrected chi connectivity index (χ4v) is 3.56. The zero-order valence-corrected chi connectivity index (χ0v) is 15.4. The first-order chi connectivity index (χ1) is 10.3. The molecular formula is C17H20BrNO2S. The second-order valence-electron chi connectivity index (χ2n) is 5.61. The highest BCUT2D eigenvalue weighted by atomic mass is 79.9. The van der Waals surface area contributed by atoms with Gasteiger partial charge in [-0.05, 0) is 41.3 Å². The Morgan fingerprint density at radius 2 is 1.55 bits per heavy atom. The number of hydrogen-bond donors (Lipinski definition) is 0. The van der Waals surface area contributed by atoms with Gasteiger partial charge in [-0.25, -0.2) is 8.42 Å². The molecule has 0 unspecified atom stereocenters. The third-order valence-corrected chi connectivity index (χ3v) is 5.92. The molecule has 3 nitrogen and oxygen atoms in total. The van der Waals surface area contributed by atoms with E-state index in [0.29, 0.717) is 17.4 Å². The van der Waals surface area contributed by atoms with Crippen LogP contribution in [0.1, 0.15) is 30.9 Å². The van der Waals surface area contributed by atoms with E-state index in [4.69, 9.17) is 0 Å². The van der Waals surface area contributed by atoms with E-state index in [2.05, 4.69) is 41.9 Å². The normalized spacial score (nSPS) is 12.1. The van der Waals surface area contributed by atoms with Crippen LogP contribution in [0.15, 0.2) is 57.9 Å². The fourth-order valence-electron chi connectivity index (χ4n) is 2.14. The Hall–Kier alpha value is -1.17. The van der Waals surface area contributed by atoms with Gasteiger partial charge in [0.2, 0.25) is 10.0 Å². The van der Waals surface area contributed by atoms with Gasteiger partial charge < -0.3 is 0 Å². The van der Waals surface area contributed by atoms with E-state index >= 15 is 0 Å². The minimum atomic E-state index is -3.47. The van der Waals surface area contributed by atoms with E-state index < -0.39 is 10.0 Å². The lowest BCUT2D eigenvalue weighted by Crippen LogP contribution is -2.26. The van der Waals surface area contributed by atoms with Gasteiger partial charge in [0.1, 0.15) is 0 Å². The zero-order valence-electron chi connectivity index (χ0n) is 13.0. The lowest BCUT2D eigenvalue weighted by Gasteiger charge is -2.18. The molecule has 0 N–H and O–H groups in total. The Bertz CT molecular complexity index is 722. The van der Waals surface area contributed by atoms with Crippen molar-refractivity contribution in [3.63, 3.8) is 0 Å². The van der Waals surface area contributed by atoms with Crippen molar-refractivity contribution in [1.82, 2.24) is 4.31 Å². The molecule has 2 aromatic carbocycles. The van der Waals surface area contributed by atoms with Crippen molar-refractivity contribution in [2.75, 3.05) is 7.05 Å². The maximum atomic E-state index is 12.5. The monoisotopic (exact) mass is 381 g/mol. The summed E-state index contributed by atoms with van der Waals surface area (Å²) in [5.74, 6) is 0.471. The fraction of sp³-hybridized carbons (Fsp3) is 0.294. The second-order valence-corrected chi connectivity index (χ2v) is 8.57. The standard InChI is InChI=1S/C17H20BrNO2S/c1-13(2)15-6-4-14(5-7-15)12-19(3)22(20,21)17-10-8-16(18)9-11-17/h4-11,13H,12H2,1-3H3. The van der Waals surface area contributed by atoms with Crippen molar-refractivity contribution in [3.05, 3.63) is 64.1 Å². The van der Waals surface area contributed by atoms with Crippen LogP contribution in [0.2, 0.25) is 0 Å². The topological polar surface area (TPSA) is 37.4 Å². The quantitative estimate of drug-likeness (QED) is 0.769. The van der Waals surface area contributed by atoms with Crippen LogP contribution in [0.5, 0.6) is 0 Å². The lowest BCUT2D eigenvalue weighted by atomic mass is 10.0. The minimum Gasteiger partial charge on any atom is -0.207 e. The molecule has 0 fully saturated rings. The number of halogens is 1. The predicted octanol–water partition coefficient (Wildman–Crippen LogP) is 4.39. The SMILES string of the molecule is CC(C)c1ccc(CN(C)S(=O)(=O)c2ccc(Br)cc2)cc1. The zero-order chi connectivity index (χ0) is 16.3. The largest absolute Gasteiger partial charge is 0.243 e. The van der Waals surface area contributed by atoms with Gasteiger partial charge in [0.15, 0.2) is 0 Å². The number of rotatable bonds is 5. The smallest absolute Gasteiger partial charge is 0.207 e. The van der Waals surface area contributed by atoms with Gasteiger partial charge >= 0.3 is 0 Å². The highest BCUT2D eigenvalue weighted by Crippen LogP contribution is 2.20. The van der Waals surface area contributed by atoms with Crippen molar-refractivity contribution < 1.29 is 8.42 Å². The van der Waals surface area contributed by atoms with Crippen molar-refractivity contribution in [2.45, 2.75) is 31.2 Å². The molecule has 0 aromatic heterocycles. The summed E-state index contributed by atoms with van der Waals surface area (Å²) in [5, 5.41) is 0. The summed E-state index contributed by atoms with van der Waals surface area (Å²) in [6.45, 7) is 4.63. The summed E-state index contributed by atoms with van der Waals surface area (Å²) >= 11 is 3.31. The van der Waals surface area contributed by atoms with Crippen LogP contribution < -0.4 is 0 Å². The Balaban J connectivity index is 2.17. The molecule has 0 aliphatic carbocycles. The summed E-state index contributed by atoms with van der Waals surface area (Å²) < 4.78 is 27.3. The van der Waals surface area contributed by atoms with E-state index in [0.717, 1.165) is 10.0 Å². The summed E-state index contributed by atoms with van der Waals surface area (Å²) in [6, 6.07) is 14.8. The van der Waals surface area contributed by atoms with Crippen LogP contribution in [0.3, 0.4) is 0 Å². The van der Waals surface area contributed by atoms with Crippen LogP contribution in [-0.2, 0) is 16.6 Å². The van der Waals surface area contributed by atoms with E-state index in [-0.39, 0.29) is 0 Å². The second kappa shape index (κ2) is 6.94. The minimum absolute atomic E-state index is 0.303. The Morgan fingerprint density at radius 3 is 2.05 bits per heavy atom. The Kier molecular flexibility index (Phi) is 5.42. The molecule has 0 spiro atoms. The molecule has 5 heteroatoms. The first kappa shape index (κ1) is 17.2. The van der Waals surface area contributed by atoms with Crippen LogP contribution in [-0.4, -0.2) is 19.8 Å². The van der Waals surface area contributed by atoms with Gasteiger partial charge in [0.05, 0.1) is 4.90 Å². The number of benzene rings is 2. The molecule has 22 heavy (non-hydrogen) atoms. The van der Waals surface area contributed by atoms with Crippen LogP contribution in [0.4, 0.5) is 0 Å². The molecular weight excluding hydrogens is 362 g/mol. The number of nitrogens with zero attached hydrogens (tertiary/aromatic N) is 1. The average molecular weight is 382 g/mol. The average Bonchev–Trinajstić information content (AvgIpc) is 2.48. The molecule has 0 radical (unpaired) electrons. The molecule has 2 aromatic rings. The van der Waals surface area contributed by atoms with Crippen molar-refractivity contribution in [3.8, 4) is 0 Å². The molecule has 0 atom stereocenters. The number of sulfonamides is 1. The van der Waals surface area contributed by atoms with Crippen LogP contribution in [0.25, 0.3) is 0 Å². The van der Waals surface area contributed by atoms with E-state index in [1.807, 2.05) is 12.1 Å². The van der Waals surface area contributed by atoms with Gasteiger partial charge in [0.25, 0.3) is 0 Å². The summed E-state index contributed by atoms with van der Waals surface area (Å²) in [4.78, 5) is 0.303. The summed E-state index contributed by atoms with van der Waals surface area (Å²) in [5.41, 5.74) is 2.23. The first-order valence-electron chi connectivity index (χ1n) is 7.11. The van der Waals surface area contributed by atoms with Gasteiger partial charge in [-0.2, -0.15) is 4.31 Å². The molecule has 0 heterocycles. The Morgan fingerprint density at radius 1 is 1.00 bits per heavy atom. The molecule has 0 saturated carbocycles. The van der Waals surface area contributed by atoms with Crippen molar-refractivity contribution >= 4 is 26.0 Å². The van der Waals surface area contributed by atoms with Crippen LogP contribution in [0, 0.1) is 0 Å².